The lowest BCUT2D eigenvalue weighted by Gasteiger charge is -2.31. The molecule has 0 unspecified atom stereocenters. The first kappa shape index (κ1) is 13.1. The van der Waals surface area contributed by atoms with E-state index in [1.165, 1.54) is 0 Å². The Morgan fingerprint density at radius 1 is 1.10 bits per heavy atom. The molecule has 1 aromatic heterocycles. The molecule has 1 aliphatic heterocycles. The number of aromatic nitrogens is 2. The Bertz CT molecular complexity index is 547. The maximum absolute atomic E-state index is 5.74. The zero-order chi connectivity index (χ0) is 13.8. The topological polar surface area (TPSA) is 55.0 Å². The van der Waals surface area contributed by atoms with Gasteiger partial charge in [-0.3, -0.25) is 0 Å². The van der Waals surface area contributed by atoms with Gasteiger partial charge in [-0.2, -0.15) is 0 Å². The maximum Gasteiger partial charge on any atom is 0.225 e. The highest BCUT2D eigenvalue weighted by Crippen LogP contribution is 2.22. The van der Waals surface area contributed by atoms with Crippen LogP contribution in [-0.4, -0.2) is 29.6 Å². The summed E-state index contributed by atoms with van der Waals surface area (Å²) < 4.78 is 0. The number of piperidine rings is 1. The lowest BCUT2D eigenvalue weighted by Crippen LogP contribution is -2.37. The van der Waals surface area contributed by atoms with Crippen LogP contribution < -0.4 is 10.6 Å². The second-order valence-corrected chi connectivity index (χ2v) is 5.27. The molecule has 0 radical (unpaired) electrons. The average molecular weight is 268 g/mol. The standard InChI is InChI=1S/C16H20N4/c17-12-13-7-10-20(11-8-13)16-18-9-6-15(19-16)14-4-2-1-3-5-14/h1-6,9,13H,7-8,10-12,17H2. The highest BCUT2D eigenvalue weighted by atomic mass is 15.2. The van der Waals surface area contributed by atoms with Crippen molar-refractivity contribution in [2.45, 2.75) is 12.8 Å². The van der Waals surface area contributed by atoms with E-state index in [-0.39, 0.29) is 0 Å². The first-order valence-corrected chi connectivity index (χ1v) is 7.20. The Labute approximate surface area is 119 Å². The molecule has 104 valence electrons. The van der Waals surface area contributed by atoms with Crippen molar-refractivity contribution in [3.63, 3.8) is 0 Å². The fraction of sp³-hybridized carbons (Fsp3) is 0.375. The van der Waals surface area contributed by atoms with Crippen molar-refractivity contribution >= 4 is 5.95 Å². The molecule has 0 spiro atoms. The largest absolute Gasteiger partial charge is 0.341 e. The minimum absolute atomic E-state index is 0.656. The van der Waals surface area contributed by atoms with Crippen LogP contribution in [0.25, 0.3) is 11.3 Å². The van der Waals surface area contributed by atoms with E-state index in [1.807, 2.05) is 30.5 Å². The molecule has 0 atom stereocenters. The van der Waals surface area contributed by atoms with E-state index >= 15 is 0 Å². The van der Waals surface area contributed by atoms with Crippen molar-refractivity contribution in [3.05, 3.63) is 42.6 Å². The number of benzene rings is 1. The molecule has 0 bridgehead atoms. The molecule has 1 aliphatic rings. The van der Waals surface area contributed by atoms with E-state index in [1.54, 1.807) is 0 Å². The predicted molar refractivity (Wildman–Crippen MR) is 81.5 cm³/mol. The van der Waals surface area contributed by atoms with Gasteiger partial charge in [0.15, 0.2) is 0 Å². The van der Waals surface area contributed by atoms with Gasteiger partial charge < -0.3 is 10.6 Å². The Morgan fingerprint density at radius 2 is 1.85 bits per heavy atom. The van der Waals surface area contributed by atoms with Gasteiger partial charge >= 0.3 is 0 Å². The summed E-state index contributed by atoms with van der Waals surface area (Å²) in [4.78, 5) is 11.4. The Kier molecular flexibility index (Phi) is 3.92. The molecule has 0 amide bonds. The third-order valence-electron chi connectivity index (χ3n) is 3.94. The Balaban J connectivity index is 1.78. The van der Waals surface area contributed by atoms with E-state index in [0.717, 1.165) is 49.7 Å². The van der Waals surface area contributed by atoms with E-state index in [2.05, 4.69) is 22.0 Å². The molecule has 1 fully saturated rings. The van der Waals surface area contributed by atoms with Crippen LogP contribution in [0.3, 0.4) is 0 Å². The summed E-state index contributed by atoms with van der Waals surface area (Å²) >= 11 is 0. The van der Waals surface area contributed by atoms with Gasteiger partial charge in [-0.1, -0.05) is 30.3 Å². The summed E-state index contributed by atoms with van der Waals surface area (Å²) in [6, 6.07) is 12.2. The summed E-state index contributed by atoms with van der Waals surface area (Å²) in [6.07, 6.45) is 4.12. The van der Waals surface area contributed by atoms with Crippen LogP contribution in [-0.2, 0) is 0 Å². The van der Waals surface area contributed by atoms with Crippen LogP contribution in [0.4, 0.5) is 5.95 Å². The van der Waals surface area contributed by atoms with E-state index in [0.29, 0.717) is 5.92 Å². The molecule has 4 heteroatoms. The molecule has 4 nitrogen and oxygen atoms in total. The number of hydrogen-bond acceptors (Lipinski definition) is 4. The van der Waals surface area contributed by atoms with Crippen LogP contribution >= 0.6 is 0 Å². The minimum Gasteiger partial charge on any atom is -0.341 e. The van der Waals surface area contributed by atoms with Gasteiger partial charge in [-0.15, -0.1) is 0 Å². The zero-order valence-corrected chi connectivity index (χ0v) is 11.6. The third-order valence-corrected chi connectivity index (χ3v) is 3.94. The second kappa shape index (κ2) is 6.01. The SMILES string of the molecule is NCC1CCN(c2nccc(-c3ccccc3)n2)CC1. The number of anilines is 1. The van der Waals surface area contributed by atoms with Gasteiger partial charge in [0.1, 0.15) is 0 Å². The van der Waals surface area contributed by atoms with Crippen LogP contribution in [0, 0.1) is 5.92 Å². The molecule has 0 saturated carbocycles. The highest BCUT2D eigenvalue weighted by molar-refractivity contribution is 5.59. The summed E-state index contributed by atoms with van der Waals surface area (Å²) in [5.74, 6) is 1.49. The molecule has 20 heavy (non-hydrogen) atoms. The van der Waals surface area contributed by atoms with Gasteiger partial charge in [0.25, 0.3) is 0 Å². The number of hydrogen-bond donors (Lipinski definition) is 1. The fourth-order valence-electron chi connectivity index (χ4n) is 2.64. The van der Waals surface area contributed by atoms with Crippen LogP contribution in [0.1, 0.15) is 12.8 Å². The van der Waals surface area contributed by atoms with Crippen molar-refractivity contribution in [2.75, 3.05) is 24.5 Å². The lowest BCUT2D eigenvalue weighted by molar-refractivity contribution is 0.411. The molecule has 2 aromatic rings. The van der Waals surface area contributed by atoms with Gasteiger partial charge in [0.05, 0.1) is 5.69 Å². The van der Waals surface area contributed by atoms with E-state index in [9.17, 15) is 0 Å². The summed E-state index contributed by atoms with van der Waals surface area (Å²) in [7, 11) is 0. The Morgan fingerprint density at radius 3 is 2.55 bits per heavy atom. The summed E-state index contributed by atoms with van der Waals surface area (Å²) in [6.45, 7) is 2.79. The van der Waals surface area contributed by atoms with Gasteiger partial charge in [-0.25, -0.2) is 9.97 Å². The van der Waals surface area contributed by atoms with Crippen molar-refractivity contribution in [1.82, 2.24) is 9.97 Å². The van der Waals surface area contributed by atoms with Crippen molar-refractivity contribution in [3.8, 4) is 11.3 Å². The van der Waals surface area contributed by atoms with Crippen molar-refractivity contribution in [2.24, 2.45) is 11.7 Å². The van der Waals surface area contributed by atoms with Crippen molar-refractivity contribution in [1.29, 1.82) is 0 Å². The average Bonchev–Trinajstić information content (AvgIpc) is 2.56. The van der Waals surface area contributed by atoms with Crippen LogP contribution in [0.2, 0.25) is 0 Å². The fourth-order valence-corrected chi connectivity index (χ4v) is 2.64. The van der Waals surface area contributed by atoms with E-state index in [4.69, 9.17) is 10.7 Å². The Hall–Kier alpha value is -1.94. The highest BCUT2D eigenvalue weighted by Gasteiger charge is 2.20. The molecule has 1 saturated heterocycles. The second-order valence-electron chi connectivity index (χ2n) is 5.27. The van der Waals surface area contributed by atoms with Gasteiger partial charge in [0, 0.05) is 24.8 Å². The maximum atomic E-state index is 5.74. The van der Waals surface area contributed by atoms with Crippen molar-refractivity contribution < 1.29 is 0 Å². The number of rotatable bonds is 3. The molecular weight excluding hydrogens is 248 g/mol. The molecule has 2 N–H and O–H groups in total. The predicted octanol–water partition coefficient (Wildman–Crippen LogP) is 2.32. The molecule has 0 aliphatic carbocycles. The van der Waals surface area contributed by atoms with Gasteiger partial charge in [-0.05, 0) is 31.4 Å². The lowest BCUT2D eigenvalue weighted by atomic mass is 9.97. The zero-order valence-electron chi connectivity index (χ0n) is 11.6. The smallest absolute Gasteiger partial charge is 0.225 e. The summed E-state index contributed by atoms with van der Waals surface area (Å²) in [5.41, 5.74) is 7.85. The summed E-state index contributed by atoms with van der Waals surface area (Å²) in [5, 5.41) is 0. The molecule has 3 rings (SSSR count). The first-order chi connectivity index (χ1) is 9.86. The van der Waals surface area contributed by atoms with Gasteiger partial charge in [0.2, 0.25) is 5.95 Å². The number of nitrogens with zero attached hydrogens (tertiary/aromatic N) is 3. The first-order valence-electron chi connectivity index (χ1n) is 7.20. The molecular formula is C16H20N4. The minimum atomic E-state index is 0.656. The van der Waals surface area contributed by atoms with E-state index < -0.39 is 0 Å². The monoisotopic (exact) mass is 268 g/mol. The van der Waals surface area contributed by atoms with Crippen LogP contribution in [0.5, 0.6) is 0 Å². The normalized spacial score (nSPS) is 16.4. The number of nitrogens with two attached hydrogens (primary N) is 1. The van der Waals surface area contributed by atoms with Crippen LogP contribution in [0.15, 0.2) is 42.6 Å². The third kappa shape index (κ3) is 2.80. The molecule has 2 heterocycles. The molecule has 1 aromatic carbocycles. The quantitative estimate of drug-likeness (QED) is 0.928.